The molecule has 2 heterocycles. The molecule has 4 nitrogen and oxygen atoms in total. The highest BCUT2D eigenvalue weighted by atomic mass is 15.5. The van der Waals surface area contributed by atoms with Crippen molar-refractivity contribution in [3.05, 3.63) is 0 Å². The van der Waals surface area contributed by atoms with Gasteiger partial charge in [0, 0.05) is 18.6 Å². The van der Waals surface area contributed by atoms with Crippen molar-refractivity contribution in [3.63, 3.8) is 0 Å². The normalized spacial score (nSPS) is 45.8. The molecule has 2 fully saturated rings. The number of hydrogen-bond acceptors (Lipinski definition) is 4. The molecule has 11 heavy (non-hydrogen) atoms. The molecule has 0 saturated carbocycles. The van der Waals surface area contributed by atoms with E-state index in [2.05, 4.69) is 34.9 Å². The number of fused-ring (bicyclic) bond motifs is 1. The SMILES string of the molecule is CC1NNCN2C(C)NCC12. The van der Waals surface area contributed by atoms with Gasteiger partial charge in [0.2, 0.25) is 0 Å². The molecule has 2 rings (SSSR count). The van der Waals surface area contributed by atoms with Gasteiger partial charge in [-0.25, -0.2) is 5.43 Å². The topological polar surface area (TPSA) is 39.3 Å². The van der Waals surface area contributed by atoms with Gasteiger partial charge in [0.25, 0.3) is 0 Å². The van der Waals surface area contributed by atoms with E-state index < -0.39 is 0 Å². The molecule has 4 heteroatoms. The largest absolute Gasteiger partial charge is 0.300 e. The third-order valence-electron chi connectivity index (χ3n) is 2.71. The van der Waals surface area contributed by atoms with Crippen LogP contribution in [0.1, 0.15) is 13.8 Å². The van der Waals surface area contributed by atoms with Crippen LogP contribution in [0.25, 0.3) is 0 Å². The minimum absolute atomic E-state index is 0.525. The molecule has 2 aliphatic heterocycles. The Bertz CT molecular complexity index is 147. The van der Waals surface area contributed by atoms with Crippen LogP contribution in [-0.2, 0) is 0 Å². The molecular formula is C7H16N4. The molecule has 64 valence electrons. The molecule has 0 aromatic rings. The van der Waals surface area contributed by atoms with Gasteiger partial charge in [0.1, 0.15) is 0 Å². The summed E-state index contributed by atoms with van der Waals surface area (Å²) in [6.07, 6.45) is 0.525. The monoisotopic (exact) mass is 156 g/mol. The number of rotatable bonds is 0. The molecule has 2 saturated heterocycles. The first-order valence-corrected chi connectivity index (χ1v) is 4.26. The molecule has 0 amide bonds. The van der Waals surface area contributed by atoms with E-state index in [-0.39, 0.29) is 0 Å². The lowest BCUT2D eigenvalue weighted by atomic mass is 10.1. The Hall–Kier alpha value is -0.160. The lowest BCUT2D eigenvalue weighted by Crippen LogP contribution is -2.62. The second-order valence-electron chi connectivity index (χ2n) is 3.43. The Morgan fingerprint density at radius 2 is 2.18 bits per heavy atom. The van der Waals surface area contributed by atoms with Crippen molar-refractivity contribution in [2.24, 2.45) is 0 Å². The Labute approximate surface area is 67.3 Å². The smallest absolute Gasteiger partial charge is 0.0632 e. The summed E-state index contributed by atoms with van der Waals surface area (Å²) in [7, 11) is 0. The Morgan fingerprint density at radius 1 is 1.36 bits per heavy atom. The van der Waals surface area contributed by atoms with E-state index >= 15 is 0 Å². The number of nitrogens with zero attached hydrogens (tertiary/aromatic N) is 1. The summed E-state index contributed by atoms with van der Waals surface area (Å²) >= 11 is 0. The van der Waals surface area contributed by atoms with E-state index in [4.69, 9.17) is 0 Å². The molecule has 2 aliphatic rings. The van der Waals surface area contributed by atoms with E-state index in [0.29, 0.717) is 18.2 Å². The first-order valence-electron chi connectivity index (χ1n) is 4.26. The average Bonchev–Trinajstić information content (AvgIpc) is 2.35. The lowest BCUT2D eigenvalue weighted by molar-refractivity contribution is 0.1000. The zero-order chi connectivity index (χ0) is 7.84. The second-order valence-corrected chi connectivity index (χ2v) is 3.43. The van der Waals surface area contributed by atoms with Crippen LogP contribution in [0.4, 0.5) is 0 Å². The van der Waals surface area contributed by atoms with E-state index in [1.165, 1.54) is 0 Å². The van der Waals surface area contributed by atoms with Gasteiger partial charge in [-0.05, 0) is 13.8 Å². The first-order chi connectivity index (χ1) is 5.29. The summed E-state index contributed by atoms with van der Waals surface area (Å²) in [6, 6.07) is 1.20. The van der Waals surface area contributed by atoms with Crippen LogP contribution >= 0.6 is 0 Å². The van der Waals surface area contributed by atoms with E-state index in [9.17, 15) is 0 Å². The fourth-order valence-corrected chi connectivity index (χ4v) is 1.93. The summed E-state index contributed by atoms with van der Waals surface area (Å²) in [6.45, 7) is 6.48. The van der Waals surface area contributed by atoms with Crippen molar-refractivity contribution < 1.29 is 0 Å². The molecule has 0 radical (unpaired) electrons. The Morgan fingerprint density at radius 3 is 2.91 bits per heavy atom. The fraction of sp³-hybridized carbons (Fsp3) is 1.00. The lowest BCUT2D eigenvalue weighted by Gasteiger charge is -2.37. The third-order valence-corrected chi connectivity index (χ3v) is 2.71. The third kappa shape index (κ3) is 1.16. The molecule has 3 atom stereocenters. The van der Waals surface area contributed by atoms with Crippen molar-refractivity contribution >= 4 is 0 Å². The molecule has 0 spiro atoms. The van der Waals surface area contributed by atoms with Crippen LogP contribution < -0.4 is 16.2 Å². The molecule has 0 aliphatic carbocycles. The van der Waals surface area contributed by atoms with Gasteiger partial charge < -0.3 is 5.32 Å². The maximum Gasteiger partial charge on any atom is 0.0632 e. The maximum atomic E-state index is 3.44. The summed E-state index contributed by atoms with van der Waals surface area (Å²) < 4.78 is 0. The van der Waals surface area contributed by atoms with Crippen LogP contribution in [0.15, 0.2) is 0 Å². The second kappa shape index (κ2) is 2.71. The van der Waals surface area contributed by atoms with Crippen molar-refractivity contribution in [2.45, 2.75) is 32.1 Å². The van der Waals surface area contributed by atoms with Gasteiger partial charge in [0.15, 0.2) is 0 Å². The van der Waals surface area contributed by atoms with Crippen LogP contribution in [0, 0.1) is 0 Å². The predicted octanol–water partition coefficient (Wildman–Crippen LogP) is -0.940. The van der Waals surface area contributed by atoms with Crippen LogP contribution in [0.3, 0.4) is 0 Å². The molecule has 3 N–H and O–H groups in total. The standard InChI is InChI=1S/C7H16N4/c1-5-7-3-8-6(2)11(7)4-9-10-5/h5-10H,3-4H2,1-2H3. The van der Waals surface area contributed by atoms with Crippen molar-refractivity contribution in [1.82, 2.24) is 21.1 Å². The van der Waals surface area contributed by atoms with Crippen LogP contribution in [0.5, 0.6) is 0 Å². The van der Waals surface area contributed by atoms with Crippen molar-refractivity contribution in [3.8, 4) is 0 Å². The maximum absolute atomic E-state index is 3.44. The van der Waals surface area contributed by atoms with Gasteiger partial charge in [0.05, 0.1) is 12.8 Å². The van der Waals surface area contributed by atoms with Crippen molar-refractivity contribution in [2.75, 3.05) is 13.2 Å². The highest BCUT2D eigenvalue weighted by Crippen LogP contribution is 2.14. The molecule has 0 aromatic carbocycles. The van der Waals surface area contributed by atoms with E-state index in [0.717, 1.165) is 13.2 Å². The van der Waals surface area contributed by atoms with Gasteiger partial charge in [-0.1, -0.05) is 0 Å². The zero-order valence-corrected chi connectivity index (χ0v) is 7.09. The summed E-state index contributed by atoms with van der Waals surface area (Å²) in [5.41, 5.74) is 6.41. The molecule has 3 unspecified atom stereocenters. The highest BCUT2D eigenvalue weighted by molar-refractivity contribution is 4.92. The van der Waals surface area contributed by atoms with Gasteiger partial charge in [-0.2, -0.15) is 0 Å². The van der Waals surface area contributed by atoms with Crippen LogP contribution in [0.2, 0.25) is 0 Å². The van der Waals surface area contributed by atoms with Crippen LogP contribution in [-0.4, -0.2) is 36.4 Å². The molecular weight excluding hydrogens is 140 g/mol. The summed E-state index contributed by atoms with van der Waals surface area (Å²) in [5.74, 6) is 0. The van der Waals surface area contributed by atoms with Crippen molar-refractivity contribution in [1.29, 1.82) is 0 Å². The first kappa shape index (κ1) is 7.49. The Balaban J connectivity index is 2.07. The highest BCUT2D eigenvalue weighted by Gasteiger charge is 2.35. The predicted molar refractivity (Wildman–Crippen MR) is 43.7 cm³/mol. The van der Waals surface area contributed by atoms with Gasteiger partial charge in [-0.15, -0.1) is 0 Å². The van der Waals surface area contributed by atoms with Gasteiger partial charge >= 0.3 is 0 Å². The quantitative estimate of drug-likeness (QED) is 0.423. The number of nitrogens with one attached hydrogen (secondary N) is 3. The average molecular weight is 156 g/mol. The van der Waals surface area contributed by atoms with Gasteiger partial charge in [-0.3, -0.25) is 10.3 Å². The molecule has 0 bridgehead atoms. The number of hydrazine groups is 1. The zero-order valence-electron chi connectivity index (χ0n) is 7.09. The fourth-order valence-electron chi connectivity index (χ4n) is 1.93. The minimum Gasteiger partial charge on any atom is -0.300 e. The minimum atomic E-state index is 0.525. The van der Waals surface area contributed by atoms with E-state index in [1.54, 1.807) is 0 Å². The summed E-state index contributed by atoms with van der Waals surface area (Å²) in [5, 5.41) is 3.44. The Kier molecular flexibility index (Phi) is 1.85. The number of hydrogen-bond donors (Lipinski definition) is 3. The summed E-state index contributed by atoms with van der Waals surface area (Å²) in [4.78, 5) is 2.45. The molecule has 0 aromatic heterocycles. The van der Waals surface area contributed by atoms with E-state index in [1.807, 2.05) is 0 Å².